The Morgan fingerprint density at radius 1 is 0.452 bits per heavy atom. The molecule has 84 heavy (non-hydrogen) atoms. The van der Waals surface area contributed by atoms with Gasteiger partial charge in [-0.3, -0.25) is 0 Å². The van der Waals surface area contributed by atoms with Crippen LogP contribution in [0.1, 0.15) is 149 Å². The van der Waals surface area contributed by atoms with Crippen molar-refractivity contribution in [3.63, 3.8) is 0 Å². The van der Waals surface area contributed by atoms with Crippen molar-refractivity contribution in [2.45, 2.75) is 154 Å². The average molecular weight is 1110 g/mol. The third kappa shape index (κ3) is 7.25. The molecule has 0 amide bonds. The van der Waals surface area contributed by atoms with E-state index in [-0.39, 0.29) is 39.3 Å². The average Bonchev–Trinajstić information content (AvgIpc) is 1.33. The van der Waals surface area contributed by atoms with Crippen molar-refractivity contribution >= 4 is 122 Å². The monoisotopic (exact) mass is 1110 g/mol. The van der Waals surface area contributed by atoms with E-state index in [1.54, 1.807) is 0 Å². The molecule has 418 valence electrons. The highest BCUT2D eigenvalue weighted by molar-refractivity contribution is 7.26. The van der Waals surface area contributed by atoms with E-state index in [9.17, 15) is 0 Å². The number of benzene rings is 9. The van der Waals surface area contributed by atoms with Crippen molar-refractivity contribution < 1.29 is 4.42 Å². The molecule has 1 saturated carbocycles. The fraction of sp³-hybridized carbons (Fsp3) is 0.308. The molecule has 2 aliphatic carbocycles. The van der Waals surface area contributed by atoms with Gasteiger partial charge in [-0.2, -0.15) is 0 Å². The van der Waals surface area contributed by atoms with Gasteiger partial charge in [0, 0.05) is 70.7 Å². The van der Waals surface area contributed by atoms with Gasteiger partial charge in [0.05, 0.1) is 16.9 Å². The molecule has 3 aliphatic heterocycles. The van der Waals surface area contributed by atoms with Crippen molar-refractivity contribution in [2.24, 2.45) is 0 Å². The van der Waals surface area contributed by atoms with Crippen molar-refractivity contribution in [3.05, 3.63) is 198 Å². The number of thiophene rings is 1. The van der Waals surface area contributed by atoms with Crippen molar-refractivity contribution in [1.82, 2.24) is 0 Å². The summed E-state index contributed by atoms with van der Waals surface area (Å²) >= 11 is 1.93. The van der Waals surface area contributed by atoms with Crippen LogP contribution in [0.5, 0.6) is 0 Å². The lowest BCUT2D eigenvalue weighted by atomic mass is 9.33. The van der Waals surface area contributed by atoms with Crippen LogP contribution in [-0.2, 0) is 27.1 Å². The summed E-state index contributed by atoms with van der Waals surface area (Å²) in [5, 5.41) is 4.92. The summed E-state index contributed by atoms with van der Waals surface area (Å²) < 4.78 is 9.86. The maximum atomic E-state index is 7.23. The van der Waals surface area contributed by atoms with Crippen LogP contribution >= 0.6 is 11.3 Å². The van der Waals surface area contributed by atoms with Crippen LogP contribution in [-0.4, -0.2) is 12.3 Å². The Morgan fingerprint density at radius 3 is 1.80 bits per heavy atom. The Bertz CT molecular complexity index is 4600. The van der Waals surface area contributed by atoms with E-state index >= 15 is 0 Å². The molecule has 0 N–H and O–H groups in total. The van der Waals surface area contributed by atoms with Gasteiger partial charge < -0.3 is 19.1 Å². The number of hydrogen-bond donors (Lipinski definition) is 0. The zero-order chi connectivity index (χ0) is 57.8. The predicted molar refractivity (Wildman–Crippen MR) is 362 cm³/mol. The largest absolute Gasteiger partial charge is 0.454 e. The van der Waals surface area contributed by atoms with E-state index in [4.69, 9.17) is 4.42 Å². The Kier molecular flexibility index (Phi) is 10.9. The lowest BCUT2D eigenvalue weighted by Gasteiger charge is -2.51. The van der Waals surface area contributed by atoms with Gasteiger partial charge in [0.15, 0.2) is 5.58 Å². The standard InChI is InChI=1S/C78H76BN3OS/c1-73(2,3)48-31-33-61(54(39-48)47-23-14-13-15-24-47)80-65-46-70-55(52-26-17-19-30-69(52)84-70)43-59(65)79-60-44-56-57(76(9,10)38-37-75(56,7)8)45-64(60)81(63-28-22-27-53-51-25-16-18-29-68(51)83-72(53)63)67-42-50(41-66(80)71(67)79)82-62-34-32-49(74(4,5)6)40-58(62)77(11)35-20-21-36-78(77,82)12/h13-19,22-34,39-46H,20-21,35-38H2,1-12H3. The zero-order valence-corrected chi connectivity index (χ0v) is 52.0. The first kappa shape index (κ1) is 52.1. The lowest BCUT2D eigenvalue weighted by molar-refractivity contribution is 0.195. The Balaban J connectivity index is 1.10. The fourth-order valence-corrected chi connectivity index (χ4v) is 17.6. The minimum Gasteiger partial charge on any atom is -0.454 e. The summed E-state index contributed by atoms with van der Waals surface area (Å²) in [6.45, 7) is 29.3. The quantitative estimate of drug-likeness (QED) is 0.164. The van der Waals surface area contributed by atoms with Gasteiger partial charge in [-0.25, -0.2) is 0 Å². The van der Waals surface area contributed by atoms with Gasteiger partial charge in [0.25, 0.3) is 6.71 Å². The molecule has 5 heterocycles. The fourth-order valence-electron chi connectivity index (χ4n) is 16.5. The molecule has 6 heteroatoms. The molecule has 16 rings (SSSR count). The number of anilines is 8. The highest BCUT2D eigenvalue weighted by Gasteiger charge is 2.58. The van der Waals surface area contributed by atoms with Crippen LogP contribution in [0.15, 0.2) is 174 Å². The van der Waals surface area contributed by atoms with Crippen molar-refractivity contribution in [1.29, 1.82) is 0 Å². The molecule has 11 aromatic rings. The Morgan fingerprint density at radius 2 is 1.06 bits per heavy atom. The van der Waals surface area contributed by atoms with Gasteiger partial charge >= 0.3 is 0 Å². The highest BCUT2D eigenvalue weighted by atomic mass is 32.1. The van der Waals surface area contributed by atoms with E-state index in [0.29, 0.717) is 0 Å². The molecule has 5 aliphatic rings. The summed E-state index contributed by atoms with van der Waals surface area (Å²) in [6.07, 6.45) is 6.93. The molecule has 4 nitrogen and oxygen atoms in total. The van der Waals surface area contributed by atoms with E-state index in [1.165, 1.54) is 128 Å². The minimum absolute atomic E-state index is 0.0101. The molecular weight excluding hydrogens is 1040 g/mol. The number of rotatable bonds is 4. The number of nitrogens with zero attached hydrogens (tertiary/aromatic N) is 3. The maximum Gasteiger partial charge on any atom is 0.252 e. The lowest BCUT2D eigenvalue weighted by Crippen LogP contribution is -2.62. The minimum atomic E-state index is -0.209. The smallest absolute Gasteiger partial charge is 0.252 e. The molecule has 0 bridgehead atoms. The van der Waals surface area contributed by atoms with Crippen LogP contribution < -0.4 is 31.1 Å². The molecule has 9 aromatic carbocycles. The maximum absolute atomic E-state index is 7.23. The molecule has 0 spiro atoms. The summed E-state index contributed by atoms with van der Waals surface area (Å²) in [5.41, 5.74) is 24.8. The predicted octanol–water partition coefficient (Wildman–Crippen LogP) is 20.4. The first-order valence-electron chi connectivity index (χ1n) is 31.1. The van der Waals surface area contributed by atoms with Gasteiger partial charge in [-0.1, -0.05) is 198 Å². The van der Waals surface area contributed by atoms with Gasteiger partial charge in [0.2, 0.25) is 0 Å². The first-order valence-corrected chi connectivity index (χ1v) is 31.9. The summed E-state index contributed by atoms with van der Waals surface area (Å²) in [6, 6.07) is 66.6. The number of para-hydroxylation sites is 2. The Labute approximate surface area is 501 Å². The van der Waals surface area contributed by atoms with E-state index < -0.39 is 0 Å². The van der Waals surface area contributed by atoms with Crippen LogP contribution in [0.3, 0.4) is 0 Å². The molecule has 2 atom stereocenters. The SMILES string of the molecule is CC(C)(C)c1ccc(N2c3cc4sc5ccccc5c4cc3B3c4cc5c(cc4N(c4cccc6c4oc4ccccc46)c4cc(N6c7ccc(C(C)(C)C)cc7C7(C)CCCCC67C)cc2c43)C(C)(C)CCC5(C)C)c(-c2ccccc2)c1. The van der Waals surface area contributed by atoms with Gasteiger partial charge in [0.1, 0.15) is 5.58 Å². The molecule has 2 unspecified atom stereocenters. The second kappa shape index (κ2) is 17.5. The second-order valence-electron chi connectivity index (χ2n) is 29.5. The van der Waals surface area contributed by atoms with Gasteiger partial charge in [-0.15, -0.1) is 11.3 Å². The van der Waals surface area contributed by atoms with E-state index in [1.807, 2.05) is 11.3 Å². The first-order chi connectivity index (χ1) is 40.1. The third-order valence-corrected chi connectivity index (χ3v) is 22.7. The summed E-state index contributed by atoms with van der Waals surface area (Å²) in [4.78, 5) is 8.25. The number of furan rings is 1. The van der Waals surface area contributed by atoms with Crippen molar-refractivity contribution in [3.8, 4) is 11.1 Å². The third-order valence-electron chi connectivity index (χ3n) is 21.6. The molecule has 2 aromatic heterocycles. The van der Waals surface area contributed by atoms with Crippen molar-refractivity contribution in [2.75, 3.05) is 14.7 Å². The second-order valence-corrected chi connectivity index (χ2v) is 30.5. The molecule has 0 saturated heterocycles. The van der Waals surface area contributed by atoms with Crippen LogP contribution in [0.2, 0.25) is 0 Å². The molecule has 0 radical (unpaired) electrons. The van der Waals surface area contributed by atoms with Gasteiger partial charge in [-0.05, 0) is 170 Å². The molecule has 1 fully saturated rings. The van der Waals surface area contributed by atoms with Crippen LogP contribution in [0, 0.1) is 0 Å². The number of hydrogen-bond acceptors (Lipinski definition) is 5. The van der Waals surface area contributed by atoms with Crippen LogP contribution in [0.4, 0.5) is 45.5 Å². The van der Waals surface area contributed by atoms with Crippen LogP contribution in [0.25, 0.3) is 53.2 Å². The summed E-state index contributed by atoms with van der Waals surface area (Å²) in [5.74, 6) is 0. The zero-order valence-electron chi connectivity index (χ0n) is 51.1. The number of fused-ring (bicyclic) bond motifs is 14. The molecular formula is C78H76BN3OS. The highest BCUT2D eigenvalue weighted by Crippen LogP contribution is 2.63. The topological polar surface area (TPSA) is 22.9 Å². The summed E-state index contributed by atoms with van der Waals surface area (Å²) in [7, 11) is 0. The Hall–Kier alpha value is -7.54. The van der Waals surface area contributed by atoms with E-state index in [2.05, 4.69) is 268 Å². The normalized spacial score (nSPS) is 20.3. The van der Waals surface area contributed by atoms with E-state index in [0.717, 1.165) is 53.3 Å².